The van der Waals surface area contributed by atoms with Crippen LogP contribution in [-0.2, 0) is 0 Å². The molecule has 0 aliphatic heterocycles. The average Bonchev–Trinajstić information content (AvgIpc) is 2.66. The monoisotopic (exact) mass is 206 g/mol. The Kier molecular flexibility index (Phi) is 1.89. The molecule has 0 bridgehead atoms. The number of fused-ring (bicyclic) bond motifs is 3. The smallest absolute Gasteiger partial charge is 0.0739 e. The van der Waals surface area contributed by atoms with E-state index in [4.69, 9.17) is 0 Å². The van der Waals surface area contributed by atoms with Crippen molar-refractivity contribution in [3.05, 3.63) is 55.1 Å². The van der Waals surface area contributed by atoms with Gasteiger partial charge in [-0.05, 0) is 18.7 Å². The zero-order chi connectivity index (χ0) is 11.0. The molecule has 3 rings (SSSR count). The SMILES string of the molecule is C=C=Nn1c2ccccc2c2ccccc21. The second-order valence-corrected chi connectivity index (χ2v) is 3.60. The Morgan fingerprint density at radius 3 is 1.88 bits per heavy atom. The van der Waals surface area contributed by atoms with Crippen LogP contribution in [-0.4, -0.2) is 10.5 Å². The van der Waals surface area contributed by atoms with Gasteiger partial charge in [-0.15, -0.1) is 5.10 Å². The Balaban J connectivity index is 2.64. The zero-order valence-electron chi connectivity index (χ0n) is 8.72. The van der Waals surface area contributed by atoms with E-state index in [1.54, 1.807) is 0 Å². The van der Waals surface area contributed by atoms with Crippen LogP contribution in [0.1, 0.15) is 0 Å². The average molecular weight is 206 g/mol. The predicted molar refractivity (Wildman–Crippen MR) is 67.9 cm³/mol. The molecule has 0 aliphatic carbocycles. The van der Waals surface area contributed by atoms with Gasteiger partial charge in [0.1, 0.15) is 0 Å². The van der Waals surface area contributed by atoms with E-state index in [9.17, 15) is 0 Å². The fourth-order valence-electron chi connectivity index (χ4n) is 2.08. The fourth-order valence-corrected chi connectivity index (χ4v) is 2.08. The van der Waals surface area contributed by atoms with Crippen LogP contribution < -0.4 is 0 Å². The van der Waals surface area contributed by atoms with Gasteiger partial charge in [-0.3, -0.25) is 0 Å². The van der Waals surface area contributed by atoms with Gasteiger partial charge in [-0.1, -0.05) is 36.4 Å². The molecule has 0 radical (unpaired) electrons. The summed E-state index contributed by atoms with van der Waals surface area (Å²) in [6.45, 7) is 3.54. The molecule has 1 heterocycles. The van der Waals surface area contributed by atoms with Crippen molar-refractivity contribution in [2.75, 3.05) is 0 Å². The standard InChI is InChI=1S/C14H10N2/c1-2-15-16-13-9-5-3-7-11(13)12-8-4-6-10-14(12)16/h3-10H,1H2. The summed E-state index contributed by atoms with van der Waals surface area (Å²) in [6.07, 6.45) is 0. The molecule has 0 spiro atoms. The summed E-state index contributed by atoms with van der Waals surface area (Å²) in [6, 6.07) is 16.4. The first-order chi connectivity index (χ1) is 7.92. The Morgan fingerprint density at radius 1 is 0.875 bits per heavy atom. The summed E-state index contributed by atoms with van der Waals surface area (Å²) in [4.78, 5) is 0. The fraction of sp³-hybridized carbons (Fsp3) is 0. The minimum absolute atomic E-state index is 1.08. The maximum absolute atomic E-state index is 4.18. The molecule has 2 aromatic carbocycles. The lowest BCUT2D eigenvalue weighted by atomic mass is 10.2. The van der Waals surface area contributed by atoms with Crippen LogP contribution in [0.25, 0.3) is 21.8 Å². The molecule has 76 valence electrons. The maximum atomic E-state index is 4.18. The van der Waals surface area contributed by atoms with Gasteiger partial charge >= 0.3 is 0 Å². The highest BCUT2D eigenvalue weighted by Crippen LogP contribution is 2.28. The number of benzene rings is 2. The second kappa shape index (κ2) is 3.37. The van der Waals surface area contributed by atoms with Gasteiger partial charge in [0.25, 0.3) is 0 Å². The van der Waals surface area contributed by atoms with Crippen LogP contribution in [0.2, 0.25) is 0 Å². The van der Waals surface area contributed by atoms with Crippen LogP contribution in [0.3, 0.4) is 0 Å². The van der Waals surface area contributed by atoms with Gasteiger partial charge in [-0.2, -0.15) is 0 Å². The van der Waals surface area contributed by atoms with Gasteiger partial charge in [0.15, 0.2) is 0 Å². The Labute approximate surface area is 93.1 Å². The molecule has 1 aromatic heterocycles. The van der Waals surface area contributed by atoms with E-state index in [0.29, 0.717) is 0 Å². The van der Waals surface area contributed by atoms with E-state index in [1.165, 1.54) is 10.8 Å². The molecule has 0 atom stereocenters. The van der Waals surface area contributed by atoms with Crippen molar-refractivity contribution in [1.29, 1.82) is 0 Å². The van der Waals surface area contributed by atoms with Crippen LogP contribution in [0.4, 0.5) is 0 Å². The first kappa shape index (κ1) is 8.96. The molecule has 2 heteroatoms. The Hall–Kier alpha value is -2.31. The minimum atomic E-state index is 1.08. The second-order valence-electron chi connectivity index (χ2n) is 3.60. The molecule has 16 heavy (non-hydrogen) atoms. The highest BCUT2D eigenvalue weighted by atomic mass is 15.3. The molecule has 3 aromatic rings. The van der Waals surface area contributed by atoms with E-state index in [-0.39, 0.29) is 0 Å². The largest absolute Gasteiger partial charge is 0.224 e. The van der Waals surface area contributed by atoms with Crippen molar-refractivity contribution in [2.45, 2.75) is 0 Å². The molecule has 0 fully saturated rings. The Morgan fingerprint density at radius 2 is 1.38 bits per heavy atom. The molecule has 0 saturated carbocycles. The van der Waals surface area contributed by atoms with E-state index in [0.717, 1.165) is 11.0 Å². The van der Waals surface area contributed by atoms with Crippen LogP contribution in [0.15, 0.2) is 60.2 Å². The van der Waals surface area contributed by atoms with Crippen molar-refractivity contribution in [3.8, 4) is 0 Å². The van der Waals surface area contributed by atoms with Crippen molar-refractivity contribution < 1.29 is 0 Å². The van der Waals surface area contributed by atoms with Crippen LogP contribution >= 0.6 is 0 Å². The van der Waals surface area contributed by atoms with Gasteiger partial charge in [-0.25, -0.2) is 4.68 Å². The third-order valence-corrected chi connectivity index (χ3v) is 2.73. The summed E-state index contributed by atoms with van der Waals surface area (Å²) in [5.41, 5.74) is 2.17. The molecule has 0 unspecified atom stereocenters. The summed E-state index contributed by atoms with van der Waals surface area (Å²) < 4.78 is 1.87. The van der Waals surface area contributed by atoms with Gasteiger partial charge in [0.2, 0.25) is 0 Å². The maximum Gasteiger partial charge on any atom is 0.0739 e. The topological polar surface area (TPSA) is 17.3 Å². The lowest BCUT2D eigenvalue weighted by molar-refractivity contribution is 0.979. The van der Waals surface area contributed by atoms with Gasteiger partial charge < -0.3 is 0 Å². The molecule has 0 aliphatic rings. The highest BCUT2D eigenvalue weighted by molar-refractivity contribution is 6.08. The van der Waals surface area contributed by atoms with Gasteiger partial charge in [0.05, 0.1) is 11.0 Å². The number of rotatable bonds is 1. The van der Waals surface area contributed by atoms with Crippen molar-refractivity contribution in [3.63, 3.8) is 0 Å². The lowest BCUT2D eigenvalue weighted by Crippen LogP contribution is -1.85. The number of hydrogen-bond acceptors (Lipinski definition) is 1. The number of para-hydroxylation sites is 2. The summed E-state index contributed by atoms with van der Waals surface area (Å²) in [5, 5.41) is 6.59. The first-order valence-electron chi connectivity index (χ1n) is 5.13. The van der Waals surface area contributed by atoms with E-state index >= 15 is 0 Å². The number of aromatic nitrogens is 1. The first-order valence-corrected chi connectivity index (χ1v) is 5.13. The molecular weight excluding hydrogens is 196 g/mol. The van der Waals surface area contributed by atoms with Crippen molar-refractivity contribution in [1.82, 2.24) is 4.68 Å². The van der Waals surface area contributed by atoms with Crippen LogP contribution in [0, 0.1) is 0 Å². The van der Waals surface area contributed by atoms with E-state index in [2.05, 4.69) is 41.8 Å². The highest BCUT2D eigenvalue weighted by Gasteiger charge is 2.07. The molecule has 0 saturated heterocycles. The van der Waals surface area contributed by atoms with Crippen LogP contribution in [0.5, 0.6) is 0 Å². The third kappa shape index (κ3) is 1.11. The molecular formula is C14H10N2. The van der Waals surface area contributed by atoms with Gasteiger partial charge in [0, 0.05) is 16.6 Å². The molecule has 0 amide bonds. The number of hydrogen-bond donors (Lipinski definition) is 0. The van der Waals surface area contributed by atoms with E-state index in [1.807, 2.05) is 28.9 Å². The van der Waals surface area contributed by atoms with Crippen molar-refractivity contribution >= 4 is 27.7 Å². The third-order valence-electron chi connectivity index (χ3n) is 2.73. The predicted octanol–water partition coefficient (Wildman–Crippen LogP) is 3.41. The molecule has 0 N–H and O–H groups in total. The van der Waals surface area contributed by atoms with E-state index < -0.39 is 0 Å². The lowest BCUT2D eigenvalue weighted by Gasteiger charge is -1.95. The summed E-state index contributed by atoms with van der Waals surface area (Å²) in [7, 11) is 0. The molecule has 2 nitrogen and oxygen atoms in total. The minimum Gasteiger partial charge on any atom is -0.224 e. The van der Waals surface area contributed by atoms with Crippen molar-refractivity contribution in [2.24, 2.45) is 5.10 Å². The summed E-state index contributed by atoms with van der Waals surface area (Å²) >= 11 is 0. The normalized spacial score (nSPS) is 10.5. The quantitative estimate of drug-likeness (QED) is 0.543. The Bertz CT molecular complexity index is 663. The summed E-state index contributed by atoms with van der Waals surface area (Å²) in [5.74, 6) is 2.59. The zero-order valence-corrected chi connectivity index (χ0v) is 8.72. The number of nitrogens with zero attached hydrogens (tertiary/aromatic N) is 2.